The molecule has 22 heavy (non-hydrogen) atoms. The number of benzene rings is 1. The first-order valence-corrected chi connectivity index (χ1v) is 8.59. The number of aromatic nitrogens is 2. The fourth-order valence-corrected chi connectivity index (χ4v) is 3.40. The summed E-state index contributed by atoms with van der Waals surface area (Å²) in [6.07, 6.45) is 2.10. The van der Waals surface area contributed by atoms with Gasteiger partial charge in [-0.15, -0.1) is 0 Å². The number of nitrogens with one attached hydrogen (secondary N) is 1. The molecule has 1 heterocycles. The van der Waals surface area contributed by atoms with Gasteiger partial charge in [-0.05, 0) is 18.6 Å². The number of hydrogen-bond acceptors (Lipinski definition) is 4. The van der Waals surface area contributed by atoms with Crippen molar-refractivity contribution in [1.82, 2.24) is 14.3 Å². The number of rotatable bonds is 6. The third-order valence-electron chi connectivity index (χ3n) is 3.07. The maximum atomic E-state index is 12.1. The van der Waals surface area contributed by atoms with Crippen LogP contribution in [0.4, 0.5) is 0 Å². The summed E-state index contributed by atoms with van der Waals surface area (Å²) in [6, 6.07) is 7.63. The van der Waals surface area contributed by atoms with Crippen LogP contribution >= 0.6 is 11.6 Å². The van der Waals surface area contributed by atoms with E-state index in [0.29, 0.717) is 12.1 Å². The van der Waals surface area contributed by atoms with Crippen LogP contribution in [0.1, 0.15) is 12.6 Å². The molecule has 6 nitrogen and oxygen atoms in total. The lowest BCUT2D eigenvalue weighted by atomic mass is 10.3. The fourth-order valence-electron chi connectivity index (χ4n) is 1.87. The first-order chi connectivity index (χ1) is 10.4. The number of nitrogens with zero attached hydrogens (tertiary/aromatic N) is 2. The Morgan fingerprint density at radius 3 is 2.68 bits per heavy atom. The van der Waals surface area contributed by atoms with Crippen LogP contribution in [0.15, 0.2) is 46.3 Å². The van der Waals surface area contributed by atoms with E-state index >= 15 is 0 Å². The quantitative estimate of drug-likeness (QED) is 0.862. The summed E-state index contributed by atoms with van der Waals surface area (Å²) < 4.78 is 28.0. The summed E-state index contributed by atoms with van der Waals surface area (Å²) in [6.45, 7) is 2.17. The SMILES string of the molecule is CCc1cc(=O)n(CCNS(=O)(=O)c2ccccc2Cl)cn1. The lowest BCUT2D eigenvalue weighted by Crippen LogP contribution is -2.31. The summed E-state index contributed by atoms with van der Waals surface area (Å²) in [5.41, 5.74) is 0.502. The lowest BCUT2D eigenvalue weighted by molar-refractivity contribution is 0.568. The Morgan fingerprint density at radius 1 is 1.32 bits per heavy atom. The third kappa shape index (κ3) is 3.94. The molecule has 0 amide bonds. The monoisotopic (exact) mass is 341 g/mol. The van der Waals surface area contributed by atoms with Crippen molar-refractivity contribution in [1.29, 1.82) is 0 Å². The molecule has 2 aromatic rings. The predicted molar refractivity (Wildman–Crippen MR) is 84.5 cm³/mol. The Bertz CT molecular complexity index is 818. The highest BCUT2D eigenvalue weighted by atomic mass is 35.5. The second-order valence-electron chi connectivity index (χ2n) is 4.59. The highest BCUT2D eigenvalue weighted by molar-refractivity contribution is 7.89. The average Bonchev–Trinajstić information content (AvgIpc) is 2.49. The minimum atomic E-state index is -3.70. The van der Waals surface area contributed by atoms with Crippen LogP contribution in [-0.4, -0.2) is 24.5 Å². The second kappa shape index (κ2) is 7.04. The van der Waals surface area contributed by atoms with Crippen LogP contribution in [0, 0.1) is 0 Å². The number of sulfonamides is 1. The zero-order valence-electron chi connectivity index (χ0n) is 12.0. The summed E-state index contributed by atoms with van der Waals surface area (Å²) in [5.74, 6) is 0. The third-order valence-corrected chi connectivity index (χ3v) is 5.03. The first-order valence-electron chi connectivity index (χ1n) is 6.73. The van der Waals surface area contributed by atoms with Crippen molar-refractivity contribution in [2.75, 3.05) is 6.54 Å². The number of aryl methyl sites for hydroxylation is 1. The van der Waals surface area contributed by atoms with E-state index in [2.05, 4.69) is 9.71 Å². The average molecular weight is 342 g/mol. The summed E-state index contributed by atoms with van der Waals surface area (Å²) in [7, 11) is -3.70. The van der Waals surface area contributed by atoms with Crippen molar-refractivity contribution >= 4 is 21.6 Å². The molecule has 1 N–H and O–H groups in total. The van der Waals surface area contributed by atoms with Crippen molar-refractivity contribution in [2.45, 2.75) is 24.8 Å². The van der Waals surface area contributed by atoms with Gasteiger partial charge in [0.2, 0.25) is 10.0 Å². The molecule has 118 valence electrons. The molecule has 0 aliphatic heterocycles. The Kier molecular flexibility index (Phi) is 5.33. The molecule has 0 aliphatic rings. The number of hydrogen-bond donors (Lipinski definition) is 1. The molecule has 0 radical (unpaired) electrons. The van der Waals surface area contributed by atoms with Crippen LogP contribution in [0.25, 0.3) is 0 Å². The highest BCUT2D eigenvalue weighted by Crippen LogP contribution is 2.19. The normalized spacial score (nSPS) is 11.5. The van der Waals surface area contributed by atoms with Crippen LogP contribution in [0.3, 0.4) is 0 Å². The van der Waals surface area contributed by atoms with Gasteiger partial charge in [0.15, 0.2) is 0 Å². The molecule has 0 saturated carbocycles. The van der Waals surface area contributed by atoms with Crippen LogP contribution in [-0.2, 0) is 23.0 Å². The molecule has 0 bridgehead atoms. The van der Waals surface area contributed by atoms with E-state index in [1.165, 1.54) is 29.1 Å². The van der Waals surface area contributed by atoms with Gasteiger partial charge in [-0.25, -0.2) is 18.1 Å². The van der Waals surface area contributed by atoms with Crippen molar-refractivity contribution in [3.8, 4) is 0 Å². The molecule has 0 spiro atoms. The maximum absolute atomic E-state index is 12.1. The Hall–Kier alpha value is -1.70. The molecule has 1 aromatic heterocycles. The van der Waals surface area contributed by atoms with Crippen LogP contribution in [0.2, 0.25) is 5.02 Å². The molecule has 0 aliphatic carbocycles. The molecular weight excluding hydrogens is 326 g/mol. The van der Waals surface area contributed by atoms with E-state index in [-0.39, 0.29) is 28.6 Å². The van der Waals surface area contributed by atoms with Gasteiger partial charge in [0, 0.05) is 24.8 Å². The van der Waals surface area contributed by atoms with Crippen molar-refractivity contribution in [2.24, 2.45) is 0 Å². The van der Waals surface area contributed by atoms with Crippen molar-refractivity contribution < 1.29 is 8.42 Å². The minimum absolute atomic E-state index is 0.0171. The van der Waals surface area contributed by atoms with Crippen molar-refractivity contribution in [3.05, 3.63) is 57.7 Å². The van der Waals surface area contributed by atoms with Crippen molar-refractivity contribution in [3.63, 3.8) is 0 Å². The van der Waals surface area contributed by atoms with Gasteiger partial charge >= 0.3 is 0 Å². The fraction of sp³-hybridized carbons (Fsp3) is 0.286. The topological polar surface area (TPSA) is 81.1 Å². The first kappa shape index (κ1) is 16.7. The van der Waals surface area contributed by atoms with E-state index in [0.717, 1.165) is 0 Å². The van der Waals surface area contributed by atoms with Gasteiger partial charge in [0.05, 0.1) is 11.3 Å². The largest absolute Gasteiger partial charge is 0.298 e. The maximum Gasteiger partial charge on any atom is 0.253 e. The van der Waals surface area contributed by atoms with Gasteiger partial charge in [-0.3, -0.25) is 9.36 Å². The zero-order chi connectivity index (χ0) is 16.2. The molecule has 0 unspecified atom stereocenters. The van der Waals surface area contributed by atoms with E-state index in [1.54, 1.807) is 12.1 Å². The van der Waals surface area contributed by atoms with Gasteiger partial charge < -0.3 is 0 Å². The molecule has 8 heteroatoms. The highest BCUT2D eigenvalue weighted by Gasteiger charge is 2.16. The van der Waals surface area contributed by atoms with E-state index in [1.807, 2.05) is 6.92 Å². The molecule has 1 aromatic carbocycles. The predicted octanol–water partition coefficient (Wildman–Crippen LogP) is 1.44. The van der Waals surface area contributed by atoms with Gasteiger partial charge in [0.25, 0.3) is 5.56 Å². The Morgan fingerprint density at radius 2 is 2.05 bits per heavy atom. The van der Waals surface area contributed by atoms with Gasteiger partial charge in [-0.2, -0.15) is 0 Å². The Labute approximate surface area is 133 Å². The summed E-state index contributed by atoms with van der Waals surface area (Å²) in [5, 5.41) is 0.154. The van der Waals surface area contributed by atoms with Crippen LogP contribution in [0.5, 0.6) is 0 Å². The van der Waals surface area contributed by atoms with Crippen LogP contribution < -0.4 is 10.3 Å². The Balaban J connectivity index is 2.05. The minimum Gasteiger partial charge on any atom is -0.298 e. The lowest BCUT2D eigenvalue weighted by Gasteiger charge is -2.09. The molecule has 0 saturated heterocycles. The number of halogens is 1. The van der Waals surface area contributed by atoms with E-state index < -0.39 is 10.0 Å². The summed E-state index contributed by atoms with van der Waals surface area (Å²) >= 11 is 5.88. The second-order valence-corrected chi connectivity index (χ2v) is 6.74. The standard InChI is InChI=1S/C14H16ClN3O3S/c1-2-11-9-14(19)18(10-16-11)8-7-17-22(20,21)13-6-4-3-5-12(13)15/h3-6,9-10,17H,2,7-8H2,1H3. The van der Waals surface area contributed by atoms with Gasteiger partial charge in [0.1, 0.15) is 4.90 Å². The zero-order valence-corrected chi connectivity index (χ0v) is 13.6. The van der Waals surface area contributed by atoms with E-state index in [9.17, 15) is 13.2 Å². The molecule has 0 fully saturated rings. The van der Waals surface area contributed by atoms with E-state index in [4.69, 9.17) is 11.6 Å². The summed E-state index contributed by atoms with van der Waals surface area (Å²) in [4.78, 5) is 15.9. The molecular formula is C14H16ClN3O3S. The van der Waals surface area contributed by atoms with Gasteiger partial charge in [-0.1, -0.05) is 30.7 Å². The smallest absolute Gasteiger partial charge is 0.253 e. The molecule has 2 rings (SSSR count). The molecule has 0 atom stereocenters.